The molecule has 1 atom stereocenters. The van der Waals surface area contributed by atoms with Crippen LogP contribution in [0.15, 0.2) is 54.6 Å². The number of benzene rings is 2. The van der Waals surface area contributed by atoms with E-state index >= 15 is 0 Å². The highest BCUT2D eigenvalue weighted by molar-refractivity contribution is 6.46. The lowest BCUT2D eigenvalue weighted by Gasteiger charge is -2.28. The zero-order chi connectivity index (χ0) is 28.5. The number of likely N-dealkylation sites (tertiary alicyclic amines) is 1. The van der Waals surface area contributed by atoms with E-state index in [-0.39, 0.29) is 11.3 Å². The van der Waals surface area contributed by atoms with Gasteiger partial charge < -0.3 is 29.1 Å². The van der Waals surface area contributed by atoms with Gasteiger partial charge in [-0.3, -0.25) is 9.59 Å². The molecule has 0 saturated carbocycles. The summed E-state index contributed by atoms with van der Waals surface area (Å²) in [6.45, 7) is 15.1. The molecule has 0 aliphatic carbocycles. The Morgan fingerprint density at radius 2 is 1.77 bits per heavy atom. The van der Waals surface area contributed by atoms with E-state index in [4.69, 9.17) is 14.2 Å². The molecule has 8 heteroatoms. The number of carbonyl (C=O) groups is 2. The van der Waals surface area contributed by atoms with E-state index in [1.807, 2.05) is 13.8 Å². The fourth-order valence-electron chi connectivity index (χ4n) is 4.69. The number of methoxy groups -OCH3 is 1. The Balaban J connectivity index is 2.13. The van der Waals surface area contributed by atoms with Crippen LogP contribution in [-0.4, -0.2) is 73.1 Å². The SMILES string of the molecule is C=CCOc1ccc(C2C(=C(O)c3ccc(OCCC)c(C)c3)C(=O)C(=O)N2CCN(CC)CC)cc1OC. The maximum absolute atomic E-state index is 13.4. The summed E-state index contributed by atoms with van der Waals surface area (Å²) in [7, 11) is 1.53. The Morgan fingerprint density at radius 1 is 1.05 bits per heavy atom. The number of Topliss-reactive ketones (excluding diaryl/α,β-unsaturated/α-hetero) is 1. The Kier molecular flexibility index (Phi) is 10.6. The van der Waals surface area contributed by atoms with Gasteiger partial charge in [0.1, 0.15) is 18.1 Å². The highest BCUT2D eigenvalue weighted by Gasteiger charge is 2.46. The van der Waals surface area contributed by atoms with Gasteiger partial charge in [-0.05, 0) is 67.9 Å². The minimum absolute atomic E-state index is 0.0444. The van der Waals surface area contributed by atoms with Crippen molar-refractivity contribution in [3.63, 3.8) is 0 Å². The van der Waals surface area contributed by atoms with Crippen molar-refractivity contribution in [2.75, 3.05) is 46.5 Å². The summed E-state index contributed by atoms with van der Waals surface area (Å²) in [5.74, 6) is 0.104. The number of ether oxygens (including phenoxy) is 3. The molecule has 1 fully saturated rings. The quantitative estimate of drug-likeness (QED) is 0.155. The van der Waals surface area contributed by atoms with E-state index in [1.54, 1.807) is 42.5 Å². The third kappa shape index (κ3) is 6.63. The molecule has 0 aromatic heterocycles. The standard InChI is InChI=1S/C31H40N2O6/c1-7-17-38-24-13-12-23(19-21(24)5)29(34)27-28(22-11-14-25(39-18-8-2)26(20-22)37-6)33(31(36)30(27)35)16-15-32(9-3)10-4/h8,11-14,19-20,28,34H,2,7,9-10,15-18H2,1,3-6H3. The predicted octanol–water partition coefficient (Wildman–Crippen LogP) is 5.12. The van der Waals surface area contributed by atoms with Crippen LogP contribution in [0.4, 0.5) is 0 Å². The molecule has 39 heavy (non-hydrogen) atoms. The molecule has 1 amide bonds. The summed E-state index contributed by atoms with van der Waals surface area (Å²) in [6.07, 6.45) is 2.51. The molecule has 0 spiro atoms. The molecule has 1 heterocycles. The second kappa shape index (κ2) is 13.8. The highest BCUT2D eigenvalue weighted by Crippen LogP contribution is 2.42. The van der Waals surface area contributed by atoms with Crippen LogP contribution >= 0.6 is 0 Å². The second-order valence-electron chi connectivity index (χ2n) is 9.36. The Morgan fingerprint density at radius 3 is 2.38 bits per heavy atom. The van der Waals surface area contributed by atoms with Crippen molar-refractivity contribution >= 4 is 17.4 Å². The fraction of sp³-hybridized carbons (Fsp3) is 0.419. The van der Waals surface area contributed by atoms with Crippen molar-refractivity contribution < 1.29 is 28.9 Å². The molecule has 2 aromatic rings. The van der Waals surface area contributed by atoms with E-state index in [2.05, 4.69) is 25.3 Å². The van der Waals surface area contributed by atoms with Gasteiger partial charge in [0, 0.05) is 18.7 Å². The van der Waals surface area contributed by atoms with Crippen LogP contribution in [-0.2, 0) is 9.59 Å². The minimum atomic E-state index is -0.792. The summed E-state index contributed by atoms with van der Waals surface area (Å²) < 4.78 is 17.0. The number of aliphatic hydroxyl groups excluding tert-OH is 1. The molecule has 1 N–H and O–H groups in total. The zero-order valence-corrected chi connectivity index (χ0v) is 23.7. The number of hydrogen-bond donors (Lipinski definition) is 1. The number of ketones is 1. The molecule has 0 bridgehead atoms. The van der Waals surface area contributed by atoms with Crippen LogP contribution in [0.2, 0.25) is 0 Å². The number of carbonyl (C=O) groups excluding carboxylic acids is 2. The summed E-state index contributed by atoms with van der Waals surface area (Å²) >= 11 is 0. The molecular formula is C31H40N2O6. The first kappa shape index (κ1) is 29.8. The summed E-state index contributed by atoms with van der Waals surface area (Å²) in [6, 6.07) is 9.75. The van der Waals surface area contributed by atoms with Gasteiger partial charge >= 0.3 is 0 Å². The normalized spacial score (nSPS) is 16.6. The first-order chi connectivity index (χ1) is 18.8. The van der Waals surface area contributed by atoms with Gasteiger partial charge in [0.05, 0.1) is 25.3 Å². The monoisotopic (exact) mass is 536 g/mol. The van der Waals surface area contributed by atoms with Gasteiger partial charge in [-0.2, -0.15) is 0 Å². The van der Waals surface area contributed by atoms with Crippen LogP contribution in [0.5, 0.6) is 17.2 Å². The average Bonchev–Trinajstić information content (AvgIpc) is 3.20. The number of aliphatic hydroxyl groups is 1. The van der Waals surface area contributed by atoms with Gasteiger partial charge in [-0.15, -0.1) is 0 Å². The summed E-state index contributed by atoms with van der Waals surface area (Å²) in [5, 5.41) is 11.5. The first-order valence-corrected chi connectivity index (χ1v) is 13.5. The summed E-state index contributed by atoms with van der Waals surface area (Å²) in [4.78, 5) is 30.5. The Bertz CT molecular complexity index is 1220. The lowest BCUT2D eigenvalue weighted by molar-refractivity contribution is -0.140. The van der Waals surface area contributed by atoms with E-state index in [0.717, 1.165) is 25.1 Å². The van der Waals surface area contributed by atoms with Crippen LogP contribution in [0, 0.1) is 6.92 Å². The van der Waals surface area contributed by atoms with Gasteiger partial charge in [-0.25, -0.2) is 0 Å². The molecule has 3 rings (SSSR count). The van der Waals surface area contributed by atoms with Crippen LogP contribution in [0.1, 0.15) is 49.9 Å². The second-order valence-corrected chi connectivity index (χ2v) is 9.36. The molecule has 1 unspecified atom stereocenters. The average molecular weight is 537 g/mol. The lowest BCUT2D eigenvalue weighted by Crippen LogP contribution is -2.38. The largest absolute Gasteiger partial charge is 0.507 e. The maximum Gasteiger partial charge on any atom is 0.295 e. The zero-order valence-electron chi connectivity index (χ0n) is 23.7. The Labute approximate surface area is 231 Å². The highest BCUT2D eigenvalue weighted by atomic mass is 16.5. The van der Waals surface area contributed by atoms with Crippen molar-refractivity contribution in [1.29, 1.82) is 0 Å². The Hall–Kier alpha value is -3.78. The van der Waals surface area contributed by atoms with E-state index in [9.17, 15) is 14.7 Å². The lowest BCUT2D eigenvalue weighted by atomic mass is 9.94. The van der Waals surface area contributed by atoms with Gasteiger partial charge in [0.15, 0.2) is 11.5 Å². The molecule has 210 valence electrons. The third-order valence-corrected chi connectivity index (χ3v) is 6.86. The molecule has 0 radical (unpaired) electrons. The molecule has 8 nitrogen and oxygen atoms in total. The molecule has 1 saturated heterocycles. The number of hydrogen-bond acceptors (Lipinski definition) is 7. The molecule has 1 aliphatic rings. The number of rotatable bonds is 14. The van der Waals surface area contributed by atoms with Crippen molar-refractivity contribution in [1.82, 2.24) is 9.80 Å². The number of amides is 1. The molecule has 2 aromatic carbocycles. The fourth-order valence-corrected chi connectivity index (χ4v) is 4.69. The van der Waals surface area contributed by atoms with E-state index in [0.29, 0.717) is 54.7 Å². The smallest absolute Gasteiger partial charge is 0.295 e. The molecular weight excluding hydrogens is 496 g/mol. The molecule has 1 aliphatic heterocycles. The first-order valence-electron chi connectivity index (χ1n) is 13.5. The van der Waals surface area contributed by atoms with Crippen molar-refractivity contribution in [3.8, 4) is 17.2 Å². The minimum Gasteiger partial charge on any atom is -0.507 e. The van der Waals surface area contributed by atoms with Crippen LogP contribution < -0.4 is 14.2 Å². The predicted molar refractivity (Wildman–Crippen MR) is 152 cm³/mol. The van der Waals surface area contributed by atoms with Crippen molar-refractivity contribution in [2.24, 2.45) is 0 Å². The van der Waals surface area contributed by atoms with Gasteiger partial charge in [0.25, 0.3) is 11.7 Å². The number of aryl methyl sites for hydroxylation is 1. The van der Waals surface area contributed by atoms with Crippen LogP contribution in [0.25, 0.3) is 5.76 Å². The topological polar surface area (TPSA) is 88.5 Å². The van der Waals surface area contributed by atoms with Crippen molar-refractivity contribution in [3.05, 3.63) is 71.3 Å². The summed E-state index contributed by atoms with van der Waals surface area (Å²) in [5.41, 5.74) is 1.95. The third-order valence-electron chi connectivity index (χ3n) is 6.86. The number of nitrogens with zero attached hydrogens (tertiary/aromatic N) is 2. The van der Waals surface area contributed by atoms with Crippen molar-refractivity contribution in [2.45, 2.75) is 40.2 Å². The van der Waals surface area contributed by atoms with E-state index < -0.39 is 17.7 Å². The van der Waals surface area contributed by atoms with Crippen LogP contribution in [0.3, 0.4) is 0 Å². The maximum atomic E-state index is 13.4. The van der Waals surface area contributed by atoms with Gasteiger partial charge in [0.2, 0.25) is 0 Å². The number of likely N-dealkylation sites (N-methyl/N-ethyl adjacent to an activating group) is 1. The van der Waals surface area contributed by atoms with Gasteiger partial charge in [-0.1, -0.05) is 39.5 Å². The van der Waals surface area contributed by atoms with E-state index in [1.165, 1.54) is 12.0 Å².